The Hall–Kier alpha value is -2.20. The Morgan fingerprint density at radius 2 is 2.16 bits per heavy atom. The molecular weight excluding hydrogens is 264 g/mol. The Morgan fingerprint density at radius 3 is 2.79 bits per heavy atom. The molecule has 5 heteroatoms. The fraction of sp³-hybridized carbons (Fsp3) is 0.0714. The Balaban J connectivity index is 2.77. The summed E-state index contributed by atoms with van der Waals surface area (Å²) in [4.78, 5) is 11.9. The van der Waals surface area contributed by atoms with Crippen LogP contribution in [0.15, 0.2) is 54.4 Å². The van der Waals surface area contributed by atoms with Crippen molar-refractivity contribution in [2.24, 2.45) is 5.73 Å². The van der Waals surface area contributed by atoms with Gasteiger partial charge in [-0.2, -0.15) is 0 Å². The first-order valence-electron chi connectivity index (χ1n) is 5.52. The SMILES string of the molecule is C=C(/C=C\C(N)=C/C)NC(=O)c1cc(Cl)ccc1O. The fourth-order valence-corrected chi connectivity index (χ4v) is 1.41. The first kappa shape index (κ1) is 14.9. The molecular formula is C14H15ClN2O2. The number of aromatic hydroxyl groups is 1. The summed E-state index contributed by atoms with van der Waals surface area (Å²) < 4.78 is 0. The molecule has 0 unspecified atom stereocenters. The zero-order valence-electron chi connectivity index (χ0n) is 10.5. The lowest BCUT2D eigenvalue weighted by atomic mass is 10.2. The van der Waals surface area contributed by atoms with E-state index in [2.05, 4.69) is 11.9 Å². The van der Waals surface area contributed by atoms with E-state index in [1.807, 2.05) is 0 Å². The number of phenols is 1. The molecule has 0 heterocycles. The third-order valence-electron chi connectivity index (χ3n) is 2.29. The van der Waals surface area contributed by atoms with E-state index in [-0.39, 0.29) is 11.3 Å². The van der Waals surface area contributed by atoms with Crippen LogP contribution in [0.25, 0.3) is 0 Å². The fourth-order valence-electron chi connectivity index (χ4n) is 1.24. The largest absolute Gasteiger partial charge is 0.507 e. The van der Waals surface area contributed by atoms with E-state index in [1.54, 1.807) is 25.2 Å². The van der Waals surface area contributed by atoms with Crippen LogP contribution >= 0.6 is 11.6 Å². The first-order chi connectivity index (χ1) is 8.93. The van der Waals surface area contributed by atoms with Crippen molar-refractivity contribution in [2.45, 2.75) is 6.92 Å². The van der Waals surface area contributed by atoms with Gasteiger partial charge in [0.05, 0.1) is 5.56 Å². The number of halogens is 1. The zero-order valence-corrected chi connectivity index (χ0v) is 11.2. The molecule has 0 radical (unpaired) electrons. The summed E-state index contributed by atoms with van der Waals surface area (Å²) in [5.41, 5.74) is 6.57. The molecule has 0 saturated heterocycles. The molecule has 1 rings (SSSR count). The van der Waals surface area contributed by atoms with Gasteiger partial charge < -0.3 is 16.2 Å². The highest BCUT2D eigenvalue weighted by Gasteiger charge is 2.11. The summed E-state index contributed by atoms with van der Waals surface area (Å²) in [5.74, 6) is -0.639. The number of allylic oxidation sites excluding steroid dienone is 3. The Morgan fingerprint density at radius 1 is 1.47 bits per heavy atom. The molecule has 0 aliphatic carbocycles. The molecule has 1 aromatic carbocycles. The van der Waals surface area contributed by atoms with E-state index in [4.69, 9.17) is 17.3 Å². The maximum absolute atomic E-state index is 11.9. The zero-order chi connectivity index (χ0) is 14.4. The van der Waals surface area contributed by atoms with E-state index in [0.717, 1.165) is 0 Å². The van der Waals surface area contributed by atoms with Crippen LogP contribution in [0.2, 0.25) is 5.02 Å². The van der Waals surface area contributed by atoms with Crippen molar-refractivity contribution in [3.8, 4) is 5.75 Å². The third-order valence-corrected chi connectivity index (χ3v) is 2.52. The molecule has 4 nitrogen and oxygen atoms in total. The highest BCUT2D eigenvalue weighted by atomic mass is 35.5. The molecule has 4 N–H and O–H groups in total. The average Bonchev–Trinajstić information content (AvgIpc) is 2.38. The minimum atomic E-state index is -0.492. The van der Waals surface area contributed by atoms with Gasteiger partial charge in [0.25, 0.3) is 5.91 Å². The second-order valence-corrected chi connectivity index (χ2v) is 4.20. The number of carbonyl (C=O) groups is 1. The number of nitrogens with two attached hydrogens (primary N) is 1. The predicted molar refractivity (Wildman–Crippen MR) is 76.8 cm³/mol. The third kappa shape index (κ3) is 4.52. The van der Waals surface area contributed by atoms with E-state index < -0.39 is 5.91 Å². The van der Waals surface area contributed by atoms with Crippen LogP contribution < -0.4 is 11.1 Å². The van der Waals surface area contributed by atoms with Crippen LogP contribution in [-0.4, -0.2) is 11.0 Å². The number of nitrogens with one attached hydrogen (secondary N) is 1. The predicted octanol–water partition coefficient (Wildman–Crippen LogP) is 2.71. The number of benzene rings is 1. The molecule has 0 saturated carbocycles. The highest BCUT2D eigenvalue weighted by molar-refractivity contribution is 6.31. The van der Waals surface area contributed by atoms with Crippen molar-refractivity contribution >= 4 is 17.5 Å². The monoisotopic (exact) mass is 278 g/mol. The molecule has 0 spiro atoms. The van der Waals surface area contributed by atoms with Crippen LogP contribution in [-0.2, 0) is 0 Å². The summed E-state index contributed by atoms with van der Waals surface area (Å²) in [6, 6.07) is 4.23. The van der Waals surface area contributed by atoms with Crippen LogP contribution in [0.5, 0.6) is 5.75 Å². The van der Waals surface area contributed by atoms with Gasteiger partial charge in [-0.1, -0.05) is 24.3 Å². The van der Waals surface area contributed by atoms with Gasteiger partial charge in [-0.25, -0.2) is 0 Å². The Kier molecular flexibility index (Phi) is 5.21. The Bertz CT molecular complexity index is 563. The molecule has 0 aliphatic heterocycles. The molecule has 19 heavy (non-hydrogen) atoms. The lowest BCUT2D eigenvalue weighted by Crippen LogP contribution is -2.21. The van der Waals surface area contributed by atoms with E-state index >= 15 is 0 Å². The smallest absolute Gasteiger partial charge is 0.259 e. The van der Waals surface area contributed by atoms with Crippen molar-refractivity contribution in [2.75, 3.05) is 0 Å². The number of rotatable bonds is 4. The quantitative estimate of drug-likeness (QED) is 0.741. The van der Waals surface area contributed by atoms with Crippen molar-refractivity contribution in [3.05, 3.63) is 65.0 Å². The minimum Gasteiger partial charge on any atom is -0.507 e. The first-order valence-corrected chi connectivity index (χ1v) is 5.90. The second-order valence-electron chi connectivity index (χ2n) is 3.76. The summed E-state index contributed by atoms with van der Waals surface area (Å²) in [5, 5.41) is 12.5. The maximum Gasteiger partial charge on any atom is 0.259 e. The van der Waals surface area contributed by atoms with E-state index in [9.17, 15) is 9.90 Å². The number of carbonyl (C=O) groups excluding carboxylic acids is 1. The molecule has 0 atom stereocenters. The number of hydrogen-bond donors (Lipinski definition) is 3. The Labute approximate surface area is 116 Å². The molecule has 100 valence electrons. The lowest BCUT2D eigenvalue weighted by Gasteiger charge is -2.07. The van der Waals surface area contributed by atoms with Gasteiger partial charge in [-0.3, -0.25) is 4.79 Å². The second kappa shape index (κ2) is 6.66. The van der Waals surface area contributed by atoms with Gasteiger partial charge in [0.2, 0.25) is 0 Å². The van der Waals surface area contributed by atoms with E-state index in [1.165, 1.54) is 18.2 Å². The average molecular weight is 279 g/mol. The van der Waals surface area contributed by atoms with Crippen LogP contribution in [0.1, 0.15) is 17.3 Å². The van der Waals surface area contributed by atoms with Gasteiger partial charge in [0, 0.05) is 16.4 Å². The highest BCUT2D eigenvalue weighted by Crippen LogP contribution is 2.21. The molecule has 0 fully saturated rings. The van der Waals surface area contributed by atoms with Crippen molar-refractivity contribution < 1.29 is 9.90 Å². The summed E-state index contributed by atoms with van der Waals surface area (Å²) in [6.07, 6.45) is 4.89. The minimum absolute atomic E-state index is 0.0843. The van der Waals surface area contributed by atoms with Crippen LogP contribution in [0, 0.1) is 0 Å². The van der Waals surface area contributed by atoms with Crippen molar-refractivity contribution in [1.29, 1.82) is 0 Å². The van der Waals surface area contributed by atoms with Crippen LogP contribution in [0.3, 0.4) is 0 Å². The molecule has 0 aliphatic rings. The normalized spacial score (nSPS) is 11.6. The summed E-state index contributed by atoms with van der Waals surface area (Å²) in [6.45, 7) is 5.46. The number of phenolic OH excluding ortho intramolecular Hbond substituents is 1. The van der Waals surface area contributed by atoms with Gasteiger partial charge in [-0.15, -0.1) is 0 Å². The summed E-state index contributed by atoms with van der Waals surface area (Å²) >= 11 is 5.77. The van der Waals surface area contributed by atoms with Crippen molar-refractivity contribution in [3.63, 3.8) is 0 Å². The molecule has 1 amide bonds. The standard InChI is InChI=1S/C14H15ClN2O2/c1-3-11(16)6-4-9(2)17-14(19)12-8-10(15)5-7-13(12)18/h3-8,18H,2,16H2,1H3,(H,17,19)/b6-4-,11-3+. The topological polar surface area (TPSA) is 75.3 Å². The van der Waals surface area contributed by atoms with Gasteiger partial charge in [-0.05, 0) is 37.3 Å². The molecule has 1 aromatic rings. The van der Waals surface area contributed by atoms with Gasteiger partial charge >= 0.3 is 0 Å². The molecule has 0 bridgehead atoms. The summed E-state index contributed by atoms with van der Waals surface area (Å²) in [7, 11) is 0. The number of hydrogen-bond acceptors (Lipinski definition) is 3. The maximum atomic E-state index is 11.9. The van der Waals surface area contributed by atoms with Crippen LogP contribution in [0.4, 0.5) is 0 Å². The van der Waals surface area contributed by atoms with Gasteiger partial charge in [0.1, 0.15) is 5.75 Å². The number of amides is 1. The lowest BCUT2D eigenvalue weighted by molar-refractivity contribution is 0.0964. The van der Waals surface area contributed by atoms with Crippen molar-refractivity contribution in [1.82, 2.24) is 5.32 Å². The molecule has 0 aromatic heterocycles. The van der Waals surface area contributed by atoms with Gasteiger partial charge in [0.15, 0.2) is 0 Å². The van der Waals surface area contributed by atoms with E-state index in [0.29, 0.717) is 16.4 Å².